The molecule has 0 unspecified atom stereocenters. The maximum atomic E-state index is 13.4. The molecule has 2 heterocycles. The van der Waals surface area contributed by atoms with Crippen molar-refractivity contribution >= 4 is 33.2 Å². The zero-order valence-electron chi connectivity index (χ0n) is 13.4. The van der Waals surface area contributed by atoms with Crippen LogP contribution in [0.15, 0.2) is 64.8 Å². The fourth-order valence-corrected chi connectivity index (χ4v) is 3.47. The van der Waals surface area contributed by atoms with Gasteiger partial charge in [0.15, 0.2) is 0 Å². The van der Waals surface area contributed by atoms with E-state index in [2.05, 4.69) is 4.98 Å². The first-order chi connectivity index (χ1) is 12.6. The molecule has 130 valence electrons. The van der Waals surface area contributed by atoms with E-state index in [0.717, 1.165) is 0 Å². The summed E-state index contributed by atoms with van der Waals surface area (Å²) in [7, 11) is 0. The molecule has 0 aliphatic heterocycles. The van der Waals surface area contributed by atoms with E-state index in [0.29, 0.717) is 26.5 Å². The van der Waals surface area contributed by atoms with Gasteiger partial charge in [0.05, 0.1) is 11.2 Å². The van der Waals surface area contributed by atoms with E-state index >= 15 is 0 Å². The van der Waals surface area contributed by atoms with Gasteiger partial charge in [-0.2, -0.15) is 4.98 Å². The first kappa shape index (κ1) is 16.8. The van der Waals surface area contributed by atoms with E-state index in [1.54, 1.807) is 42.5 Å². The van der Waals surface area contributed by atoms with Crippen molar-refractivity contribution in [1.82, 2.24) is 9.55 Å². The van der Waals surface area contributed by atoms with Crippen LogP contribution < -0.4 is 10.3 Å². The third-order valence-electron chi connectivity index (χ3n) is 3.79. The summed E-state index contributed by atoms with van der Waals surface area (Å²) in [6.07, 6.45) is 0. The molecule has 0 saturated heterocycles. The van der Waals surface area contributed by atoms with Gasteiger partial charge < -0.3 is 4.74 Å². The number of hydrogen-bond acceptors (Lipinski definition) is 4. The molecule has 2 aromatic heterocycles. The maximum Gasteiger partial charge on any atom is 0.304 e. The van der Waals surface area contributed by atoms with Crippen LogP contribution in [0.2, 0.25) is 5.02 Å². The minimum atomic E-state index is -0.345. The fourth-order valence-electron chi connectivity index (χ4n) is 2.58. The van der Waals surface area contributed by atoms with Crippen molar-refractivity contribution in [2.45, 2.75) is 6.61 Å². The van der Waals surface area contributed by atoms with Crippen LogP contribution in [0.3, 0.4) is 0 Å². The van der Waals surface area contributed by atoms with Crippen molar-refractivity contribution < 1.29 is 9.13 Å². The van der Waals surface area contributed by atoms with Gasteiger partial charge in [-0.3, -0.25) is 4.79 Å². The van der Waals surface area contributed by atoms with Gasteiger partial charge in [-0.05, 0) is 53.4 Å². The number of ether oxygens (including phenoxy) is 1. The SMILES string of the molecule is O=c1c2sccc2nc(OCc2cccc(F)c2)n1-c1ccc(Cl)cc1. The number of aromatic nitrogens is 2. The summed E-state index contributed by atoms with van der Waals surface area (Å²) >= 11 is 7.27. The normalized spacial score (nSPS) is 11.0. The molecule has 0 fully saturated rings. The Hall–Kier alpha value is -2.70. The highest BCUT2D eigenvalue weighted by molar-refractivity contribution is 7.17. The molecule has 2 aromatic carbocycles. The van der Waals surface area contributed by atoms with E-state index in [9.17, 15) is 9.18 Å². The highest BCUT2D eigenvalue weighted by Gasteiger charge is 2.15. The van der Waals surface area contributed by atoms with Gasteiger partial charge in [-0.15, -0.1) is 11.3 Å². The van der Waals surface area contributed by atoms with E-state index < -0.39 is 0 Å². The summed E-state index contributed by atoms with van der Waals surface area (Å²) in [5.74, 6) is -0.345. The molecule has 0 aliphatic carbocycles. The molecule has 26 heavy (non-hydrogen) atoms. The molecule has 0 aliphatic rings. The second-order valence-corrected chi connectivity index (χ2v) is 6.92. The highest BCUT2D eigenvalue weighted by Crippen LogP contribution is 2.23. The Labute approximate surface area is 157 Å². The molecular weight excluding hydrogens is 375 g/mol. The monoisotopic (exact) mass is 386 g/mol. The van der Waals surface area contributed by atoms with Crippen molar-refractivity contribution in [3.8, 4) is 11.7 Å². The molecule has 0 spiro atoms. The Balaban J connectivity index is 1.80. The smallest absolute Gasteiger partial charge is 0.304 e. The summed E-state index contributed by atoms with van der Waals surface area (Å²) in [4.78, 5) is 17.4. The Morgan fingerprint density at radius 2 is 1.96 bits per heavy atom. The third kappa shape index (κ3) is 3.21. The lowest BCUT2D eigenvalue weighted by molar-refractivity contribution is 0.272. The average Bonchev–Trinajstić information content (AvgIpc) is 3.10. The minimum absolute atomic E-state index is 0.0907. The van der Waals surface area contributed by atoms with Crippen molar-refractivity contribution in [3.63, 3.8) is 0 Å². The average molecular weight is 387 g/mol. The van der Waals surface area contributed by atoms with E-state index in [1.807, 2.05) is 5.38 Å². The molecule has 4 nitrogen and oxygen atoms in total. The number of hydrogen-bond donors (Lipinski definition) is 0. The van der Waals surface area contributed by atoms with Gasteiger partial charge in [-0.1, -0.05) is 23.7 Å². The van der Waals surface area contributed by atoms with Crippen LogP contribution in [0.4, 0.5) is 4.39 Å². The molecule has 0 saturated carbocycles. The zero-order chi connectivity index (χ0) is 18.1. The second-order valence-electron chi connectivity index (χ2n) is 5.56. The largest absolute Gasteiger partial charge is 0.459 e. The van der Waals surface area contributed by atoms with Gasteiger partial charge in [0, 0.05) is 5.02 Å². The Morgan fingerprint density at radius 1 is 1.15 bits per heavy atom. The van der Waals surface area contributed by atoms with Crippen LogP contribution >= 0.6 is 22.9 Å². The van der Waals surface area contributed by atoms with Crippen LogP contribution in [0.5, 0.6) is 6.01 Å². The summed E-state index contributed by atoms with van der Waals surface area (Å²) in [6.45, 7) is 0.0907. The molecule has 0 N–H and O–H groups in total. The van der Waals surface area contributed by atoms with E-state index in [-0.39, 0.29) is 24.0 Å². The maximum absolute atomic E-state index is 13.4. The summed E-state index contributed by atoms with van der Waals surface area (Å²) in [6, 6.07) is 14.8. The van der Waals surface area contributed by atoms with Crippen molar-refractivity contribution in [1.29, 1.82) is 0 Å². The zero-order valence-corrected chi connectivity index (χ0v) is 14.9. The van der Waals surface area contributed by atoms with E-state index in [4.69, 9.17) is 16.3 Å². The summed E-state index contributed by atoms with van der Waals surface area (Å²) in [5, 5.41) is 2.37. The van der Waals surface area contributed by atoms with Crippen molar-refractivity contribution in [3.05, 3.63) is 86.7 Å². The van der Waals surface area contributed by atoms with Crippen LogP contribution in [-0.2, 0) is 6.61 Å². The molecule has 4 rings (SSSR count). The molecular formula is C19H12ClFN2O2S. The first-order valence-electron chi connectivity index (χ1n) is 7.75. The number of nitrogens with zero attached hydrogens (tertiary/aromatic N) is 2. The molecule has 0 bridgehead atoms. The van der Waals surface area contributed by atoms with Crippen LogP contribution in [0, 0.1) is 5.82 Å². The topological polar surface area (TPSA) is 44.1 Å². The molecule has 0 atom stereocenters. The third-order valence-corrected chi connectivity index (χ3v) is 4.93. The lowest BCUT2D eigenvalue weighted by atomic mass is 10.2. The Bertz CT molecular complexity index is 1140. The van der Waals surface area contributed by atoms with Gasteiger partial charge >= 0.3 is 6.01 Å². The predicted molar refractivity (Wildman–Crippen MR) is 101 cm³/mol. The van der Waals surface area contributed by atoms with Gasteiger partial charge in [0.25, 0.3) is 5.56 Å². The number of halogens is 2. The van der Waals surface area contributed by atoms with Crippen LogP contribution in [0.1, 0.15) is 5.56 Å². The van der Waals surface area contributed by atoms with Gasteiger partial charge in [0.1, 0.15) is 17.1 Å². The fraction of sp³-hybridized carbons (Fsp3) is 0.0526. The number of benzene rings is 2. The number of thiophene rings is 1. The molecule has 7 heteroatoms. The van der Waals surface area contributed by atoms with Crippen molar-refractivity contribution in [2.75, 3.05) is 0 Å². The van der Waals surface area contributed by atoms with Gasteiger partial charge in [0.2, 0.25) is 0 Å². The number of rotatable bonds is 4. The minimum Gasteiger partial charge on any atom is -0.459 e. The highest BCUT2D eigenvalue weighted by atomic mass is 35.5. The standard InChI is InChI=1S/C19H12ClFN2O2S/c20-13-4-6-15(7-5-13)23-18(24)17-16(8-9-26-17)22-19(23)25-11-12-2-1-3-14(21)10-12/h1-10H,11H2. The summed E-state index contributed by atoms with van der Waals surface area (Å²) < 4.78 is 21.1. The van der Waals surface area contributed by atoms with Gasteiger partial charge in [-0.25, -0.2) is 8.96 Å². The molecule has 0 radical (unpaired) electrons. The van der Waals surface area contributed by atoms with Crippen LogP contribution in [0.25, 0.3) is 15.9 Å². The molecule has 4 aromatic rings. The first-order valence-corrected chi connectivity index (χ1v) is 9.01. The lowest BCUT2D eigenvalue weighted by Crippen LogP contribution is -2.21. The lowest BCUT2D eigenvalue weighted by Gasteiger charge is -2.13. The second kappa shape index (κ2) is 6.90. The molecule has 0 amide bonds. The number of fused-ring (bicyclic) bond motifs is 1. The predicted octanol–water partition coefficient (Wildman–Crippen LogP) is 4.82. The summed E-state index contributed by atoms with van der Waals surface area (Å²) in [5.41, 5.74) is 1.59. The Morgan fingerprint density at radius 3 is 2.73 bits per heavy atom. The van der Waals surface area contributed by atoms with Crippen molar-refractivity contribution in [2.24, 2.45) is 0 Å². The quantitative estimate of drug-likeness (QED) is 0.505. The van der Waals surface area contributed by atoms with Crippen LogP contribution in [-0.4, -0.2) is 9.55 Å². The van der Waals surface area contributed by atoms with E-state index in [1.165, 1.54) is 28.0 Å². The Kier molecular flexibility index (Phi) is 4.44.